The van der Waals surface area contributed by atoms with Crippen LogP contribution in [0.3, 0.4) is 0 Å². The number of aromatic nitrogens is 3. The predicted octanol–water partition coefficient (Wildman–Crippen LogP) is 2.67. The Morgan fingerprint density at radius 3 is 3.00 bits per heavy atom. The van der Waals surface area contributed by atoms with Gasteiger partial charge in [-0.3, -0.25) is 4.98 Å². The molecular formula is C19H24N6O3S. The van der Waals surface area contributed by atoms with Crippen molar-refractivity contribution in [1.82, 2.24) is 14.5 Å². The molecule has 1 fully saturated rings. The van der Waals surface area contributed by atoms with Crippen LogP contribution < -0.4 is 15.2 Å². The van der Waals surface area contributed by atoms with Crippen LogP contribution in [0.15, 0.2) is 15.7 Å². The lowest BCUT2D eigenvalue weighted by atomic mass is 10.0. The zero-order chi connectivity index (χ0) is 20.2. The van der Waals surface area contributed by atoms with Crippen LogP contribution in [0, 0.1) is 6.92 Å². The molecule has 0 saturated heterocycles. The molecule has 1 unspecified atom stereocenters. The third kappa shape index (κ3) is 3.29. The molecule has 1 saturated carbocycles. The zero-order valence-electron chi connectivity index (χ0n) is 16.3. The number of imidazole rings is 1. The van der Waals surface area contributed by atoms with Crippen molar-refractivity contribution in [2.75, 3.05) is 11.9 Å². The number of nitrogens with two attached hydrogens (primary N) is 1. The highest BCUT2D eigenvalue weighted by Gasteiger charge is 2.31. The number of ether oxygens (including phenoxy) is 1. The van der Waals surface area contributed by atoms with Crippen molar-refractivity contribution in [3.8, 4) is 5.88 Å². The van der Waals surface area contributed by atoms with Gasteiger partial charge in [0.15, 0.2) is 9.92 Å². The molecule has 5 rings (SSSR count). The summed E-state index contributed by atoms with van der Waals surface area (Å²) in [5, 5.41) is 8.80. The van der Waals surface area contributed by atoms with Crippen LogP contribution in [0.2, 0.25) is 0 Å². The molecule has 0 radical (unpaired) electrons. The fourth-order valence-electron chi connectivity index (χ4n) is 4.18. The van der Waals surface area contributed by atoms with E-state index >= 15 is 0 Å². The molecule has 1 atom stereocenters. The van der Waals surface area contributed by atoms with Crippen LogP contribution in [-0.2, 0) is 29.3 Å². The van der Waals surface area contributed by atoms with Gasteiger partial charge >= 0.3 is 6.03 Å². The largest absolute Gasteiger partial charge is 0.477 e. The molecule has 0 aromatic carbocycles. The van der Waals surface area contributed by atoms with Crippen molar-refractivity contribution < 1.29 is 13.7 Å². The van der Waals surface area contributed by atoms with E-state index in [2.05, 4.69) is 14.7 Å². The van der Waals surface area contributed by atoms with Gasteiger partial charge in [-0.2, -0.15) is 0 Å². The van der Waals surface area contributed by atoms with Crippen LogP contribution in [0.4, 0.5) is 10.5 Å². The first-order valence-electron chi connectivity index (χ1n) is 10.00. The Morgan fingerprint density at radius 2 is 2.21 bits per heavy atom. The minimum Gasteiger partial charge on any atom is -0.477 e. The number of carbonyl (C=O) groups excluding carboxylic acids is 1. The van der Waals surface area contributed by atoms with Gasteiger partial charge in [-0.05, 0) is 56.6 Å². The highest BCUT2D eigenvalue weighted by molar-refractivity contribution is 7.91. The van der Waals surface area contributed by atoms with E-state index in [9.17, 15) is 9.00 Å². The quantitative estimate of drug-likeness (QED) is 0.796. The lowest BCUT2D eigenvalue weighted by molar-refractivity contribution is 0.234. The standard InChI is InChI=1S/C19H24N6O3S/c1-11-15(12-6-7-12)22-14-5-2-4-13(14)16(11)23-19(26)24-29(20,27)17-18-25(10-21-17)8-3-9-28-18/h10,12H,2-9H2,1H3,(H3,20,22,23,24,26,27). The SMILES string of the molecule is Cc1c(C2CC2)nc2c(c1NC(=O)N=S(N)(=O)c1ncn3c1OCCC3)CCC2. The number of urea groups is 1. The third-order valence-corrected chi connectivity index (χ3v) is 7.01. The van der Waals surface area contributed by atoms with Crippen LogP contribution in [0.25, 0.3) is 0 Å². The summed E-state index contributed by atoms with van der Waals surface area (Å²) >= 11 is 0. The van der Waals surface area contributed by atoms with E-state index in [1.165, 1.54) is 6.33 Å². The summed E-state index contributed by atoms with van der Waals surface area (Å²) in [5.41, 5.74) is 4.90. The zero-order valence-corrected chi connectivity index (χ0v) is 17.1. The van der Waals surface area contributed by atoms with Crippen molar-refractivity contribution in [1.29, 1.82) is 0 Å². The van der Waals surface area contributed by atoms with Crippen LogP contribution >= 0.6 is 0 Å². The smallest absolute Gasteiger partial charge is 0.354 e. The average Bonchev–Trinajstić information content (AvgIpc) is 3.24. The Hall–Kier alpha value is -2.46. The second-order valence-electron chi connectivity index (χ2n) is 7.89. The molecule has 2 aromatic heterocycles. The van der Waals surface area contributed by atoms with E-state index in [1.54, 1.807) is 4.57 Å². The summed E-state index contributed by atoms with van der Waals surface area (Å²) in [7, 11) is -3.53. The Balaban J connectivity index is 1.48. The number of nitrogens with one attached hydrogen (secondary N) is 1. The lowest BCUT2D eigenvalue weighted by Gasteiger charge is -2.17. The molecule has 0 spiro atoms. The second-order valence-corrected chi connectivity index (χ2v) is 9.60. The topological polar surface area (TPSA) is 124 Å². The number of amides is 2. The fourth-order valence-corrected chi connectivity index (χ4v) is 5.19. The highest BCUT2D eigenvalue weighted by Crippen LogP contribution is 2.44. The molecule has 9 nitrogen and oxygen atoms in total. The second kappa shape index (κ2) is 6.81. The van der Waals surface area contributed by atoms with Gasteiger partial charge < -0.3 is 14.6 Å². The van der Waals surface area contributed by atoms with Crippen LogP contribution in [0.5, 0.6) is 5.88 Å². The maximum Gasteiger partial charge on any atom is 0.354 e. The molecule has 0 bridgehead atoms. The minimum absolute atomic E-state index is 0.0164. The van der Waals surface area contributed by atoms with E-state index in [1.807, 2.05) is 6.92 Å². The number of fused-ring (bicyclic) bond motifs is 2. The van der Waals surface area contributed by atoms with E-state index in [-0.39, 0.29) is 5.03 Å². The van der Waals surface area contributed by atoms with Crippen molar-refractivity contribution in [3.63, 3.8) is 0 Å². The summed E-state index contributed by atoms with van der Waals surface area (Å²) in [5.74, 6) is 0.804. The third-order valence-electron chi connectivity index (χ3n) is 5.74. The molecule has 3 heterocycles. The van der Waals surface area contributed by atoms with Gasteiger partial charge in [0.05, 0.1) is 18.6 Å². The summed E-state index contributed by atoms with van der Waals surface area (Å²) in [6, 6.07) is -0.736. The van der Waals surface area contributed by atoms with Crippen molar-refractivity contribution in [3.05, 3.63) is 28.8 Å². The van der Waals surface area contributed by atoms with E-state index in [0.29, 0.717) is 24.9 Å². The average molecular weight is 417 g/mol. The summed E-state index contributed by atoms with van der Waals surface area (Å²) in [6.45, 7) is 3.18. The molecule has 1 aliphatic heterocycles. The van der Waals surface area contributed by atoms with Gasteiger partial charge in [0.1, 0.15) is 0 Å². The molecular weight excluding hydrogens is 392 g/mol. The number of aryl methyl sites for hydroxylation is 2. The highest BCUT2D eigenvalue weighted by atomic mass is 32.2. The Kier molecular flexibility index (Phi) is 4.36. The number of anilines is 1. The van der Waals surface area contributed by atoms with Crippen molar-refractivity contribution >= 4 is 21.6 Å². The number of nitrogens with zero attached hydrogens (tertiary/aromatic N) is 4. The summed E-state index contributed by atoms with van der Waals surface area (Å²) in [6.07, 6.45) is 7.42. The summed E-state index contributed by atoms with van der Waals surface area (Å²) < 4.78 is 24.1. The Bertz CT molecular complexity index is 1130. The van der Waals surface area contributed by atoms with Crippen LogP contribution in [-0.4, -0.2) is 31.4 Å². The molecule has 29 heavy (non-hydrogen) atoms. The molecule has 3 aliphatic rings. The Morgan fingerprint density at radius 1 is 1.38 bits per heavy atom. The van der Waals surface area contributed by atoms with Gasteiger partial charge in [-0.25, -0.2) is 19.1 Å². The molecule has 10 heteroatoms. The van der Waals surface area contributed by atoms with Crippen molar-refractivity contribution in [2.45, 2.75) is 62.9 Å². The Labute approximate surface area is 169 Å². The molecule has 2 amide bonds. The number of hydrogen-bond donors (Lipinski definition) is 2. The predicted molar refractivity (Wildman–Crippen MR) is 107 cm³/mol. The van der Waals surface area contributed by atoms with Gasteiger partial charge in [0.25, 0.3) is 0 Å². The first-order chi connectivity index (χ1) is 13.9. The van der Waals surface area contributed by atoms with E-state index < -0.39 is 15.9 Å². The molecule has 154 valence electrons. The summed E-state index contributed by atoms with van der Waals surface area (Å²) in [4.78, 5) is 21.7. The lowest BCUT2D eigenvalue weighted by Crippen LogP contribution is -2.21. The van der Waals surface area contributed by atoms with Gasteiger partial charge in [0, 0.05) is 23.9 Å². The molecule has 2 aliphatic carbocycles. The molecule has 3 N–H and O–H groups in total. The minimum atomic E-state index is -3.53. The first kappa shape index (κ1) is 18.6. The van der Waals surface area contributed by atoms with Crippen LogP contribution in [0.1, 0.15) is 54.1 Å². The van der Waals surface area contributed by atoms with Gasteiger partial charge in [0.2, 0.25) is 10.9 Å². The number of hydrogen-bond acceptors (Lipinski definition) is 5. The monoisotopic (exact) mass is 416 g/mol. The normalized spacial score (nSPS) is 19.7. The molecule has 2 aromatic rings. The van der Waals surface area contributed by atoms with E-state index in [4.69, 9.17) is 14.9 Å². The first-order valence-corrected chi connectivity index (χ1v) is 11.6. The van der Waals surface area contributed by atoms with E-state index in [0.717, 1.165) is 66.7 Å². The number of pyridine rings is 1. The maximum atomic E-state index is 13.0. The van der Waals surface area contributed by atoms with Gasteiger partial charge in [-0.15, -0.1) is 4.36 Å². The maximum absolute atomic E-state index is 13.0. The number of rotatable bonds is 3. The number of carbonyl (C=O) groups is 1. The van der Waals surface area contributed by atoms with Gasteiger partial charge in [-0.1, -0.05) is 0 Å². The fraction of sp³-hybridized carbons (Fsp3) is 0.526. The van der Waals surface area contributed by atoms with Crippen molar-refractivity contribution in [2.24, 2.45) is 9.50 Å².